The van der Waals surface area contributed by atoms with Gasteiger partial charge < -0.3 is 18.8 Å². The van der Waals surface area contributed by atoms with E-state index in [0.717, 1.165) is 16.5 Å². The number of aryl methyl sites for hydroxylation is 1. The van der Waals surface area contributed by atoms with E-state index in [1.807, 2.05) is 19.1 Å². The maximum atomic E-state index is 13.5. The molecule has 174 valence electrons. The minimum Gasteiger partial charge on any atom is -0.458 e. The van der Waals surface area contributed by atoms with Crippen LogP contribution in [0, 0.1) is 0 Å². The monoisotopic (exact) mass is 483 g/mol. The summed E-state index contributed by atoms with van der Waals surface area (Å²) in [6, 6.07) is 5.42. The molecule has 10 nitrogen and oxygen atoms in total. The molecule has 1 unspecified atom stereocenters. The fourth-order valence-corrected chi connectivity index (χ4v) is 5.80. The molecule has 3 aliphatic heterocycles. The average Bonchev–Trinajstić information content (AvgIpc) is 3.42. The third-order valence-corrected chi connectivity index (χ3v) is 7.32. The molecule has 11 heteroatoms. The van der Waals surface area contributed by atoms with E-state index < -0.39 is 19.8 Å². The van der Waals surface area contributed by atoms with Gasteiger partial charge in [0.15, 0.2) is 11.5 Å². The second kappa shape index (κ2) is 7.33. The quantitative estimate of drug-likeness (QED) is 0.344. The highest BCUT2D eigenvalue weighted by molar-refractivity contribution is 7.32. The molecule has 3 aromatic rings. The molecule has 1 N–H and O–H groups in total. The number of nitrogens with zero attached hydrogens (tertiary/aromatic N) is 2. The van der Waals surface area contributed by atoms with Gasteiger partial charge >= 0.3 is 14.2 Å². The fraction of sp³-hybridized carbons (Fsp3) is 0.348. The van der Waals surface area contributed by atoms with Crippen molar-refractivity contribution >= 4 is 25.1 Å². The highest BCUT2D eigenvalue weighted by atomic mass is 31.1. The van der Waals surface area contributed by atoms with Crippen molar-refractivity contribution in [1.82, 2.24) is 9.55 Å². The van der Waals surface area contributed by atoms with Gasteiger partial charge in [-0.05, 0) is 30.5 Å². The molecule has 0 saturated heterocycles. The summed E-state index contributed by atoms with van der Waals surface area (Å²) in [5, 5.41) is 0.929. The van der Waals surface area contributed by atoms with Crippen LogP contribution >= 0.6 is 8.25 Å². The summed E-state index contributed by atoms with van der Waals surface area (Å²) in [5.41, 5.74) is 2.11. The molecular formula is C23H20N2O8P+. The van der Waals surface area contributed by atoms with Crippen molar-refractivity contribution in [2.45, 2.75) is 45.4 Å². The SMILES string of the molecule is CCc1c2c(nc3cc4c(cc13)OCO4)-c1cc3c(c(=O)n1C2)COC(=O)[C@@]3(CC)O[P+](=O)O. The Morgan fingerprint density at radius 1 is 1.15 bits per heavy atom. The number of esters is 1. The van der Waals surface area contributed by atoms with Crippen molar-refractivity contribution in [3.8, 4) is 22.9 Å². The Balaban J connectivity index is 1.63. The van der Waals surface area contributed by atoms with Crippen molar-refractivity contribution in [2.75, 3.05) is 6.79 Å². The van der Waals surface area contributed by atoms with Crippen molar-refractivity contribution < 1.29 is 33.0 Å². The second-order valence-corrected chi connectivity index (χ2v) is 9.05. The third kappa shape index (κ3) is 2.73. The molecular weight excluding hydrogens is 463 g/mol. The van der Waals surface area contributed by atoms with Gasteiger partial charge in [0.25, 0.3) is 5.56 Å². The topological polar surface area (TPSA) is 126 Å². The number of rotatable bonds is 4. The van der Waals surface area contributed by atoms with Gasteiger partial charge in [-0.15, -0.1) is 4.89 Å². The van der Waals surface area contributed by atoms with E-state index in [2.05, 4.69) is 0 Å². The number of aromatic nitrogens is 2. The third-order valence-electron chi connectivity index (χ3n) is 6.86. The Bertz CT molecular complexity index is 1500. The number of carbonyl (C=O) groups excluding carboxylic acids is 1. The minimum absolute atomic E-state index is 0.0189. The van der Waals surface area contributed by atoms with Crippen LogP contribution in [0.4, 0.5) is 0 Å². The molecule has 3 aliphatic rings. The normalized spacial score (nSPS) is 20.1. The van der Waals surface area contributed by atoms with E-state index in [9.17, 15) is 19.0 Å². The number of cyclic esters (lactones) is 1. The van der Waals surface area contributed by atoms with Crippen LogP contribution in [0.15, 0.2) is 23.0 Å². The standard InChI is InChI=1S/C23H19N2O8P/c1-3-11-12-5-18-19(32-10-31-18)7-16(12)24-20-13(11)8-25-17(20)6-15-14(21(25)26)9-30-22(27)23(15,4-2)33-34(28)29/h5-7H,3-4,8-10H2,1-2H3/p+1/t23-/m0/s1. The first-order valence-electron chi connectivity index (χ1n) is 10.9. The number of carbonyl (C=O) groups is 1. The lowest BCUT2D eigenvalue weighted by Crippen LogP contribution is -2.45. The van der Waals surface area contributed by atoms with E-state index in [-0.39, 0.29) is 36.5 Å². The Labute approximate surface area is 194 Å². The first kappa shape index (κ1) is 21.2. The zero-order valence-electron chi connectivity index (χ0n) is 18.4. The van der Waals surface area contributed by atoms with Gasteiger partial charge in [0, 0.05) is 27.1 Å². The Hall–Kier alpha value is -3.33. The highest BCUT2D eigenvalue weighted by Gasteiger charge is 2.54. The van der Waals surface area contributed by atoms with Gasteiger partial charge in [-0.2, -0.15) is 0 Å². The zero-order valence-corrected chi connectivity index (χ0v) is 19.3. The molecule has 0 bridgehead atoms. The predicted molar refractivity (Wildman–Crippen MR) is 119 cm³/mol. The van der Waals surface area contributed by atoms with Gasteiger partial charge in [0.05, 0.1) is 29.0 Å². The average molecular weight is 483 g/mol. The molecule has 34 heavy (non-hydrogen) atoms. The summed E-state index contributed by atoms with van der Waals surface area (Å²) in [6.07, 6.45) is 0.725. The number of hydrogen-bond donors (Lipinski definition) is 1. The van der Waals surface area contributed by atoms with Crippen LogP contribution in [0.3, 0.4) is 0 Å². The molecule has 0 fully saturated rings. The Morgan fingerprint density at radius 3 is 2.62 bits per heavy atom. The van der Waals surface area contributed by atoms with Gasteiger partial charge in [-0.25, -0.2) is 9.78 Å². The van der Waals surface area contributed by atoms with Crippen LogP contribution in [0.2, 0.25) is 0 Å². The maximum absolute atomic E-state index is 13.5. The molecule has 2 atom stereocenters. The first-order chi connectivity index (χ1) is 16.4. The smallest absolute Gasteiger partial charge is 0.458 e. The molecule has 0 saturated carbocycles. The number of pyridine rings is 2. The van der Waals surface area contributed by atoms with E-state index in [1.54, 1.807) is 17.6 Å². The van der Waals surface area contributed by atoms with E-state index in [4.69, 9.17) is 23.7 Å². The van der Waals surface area contributed by atoms with Crippen LogP contribution in [0.1, 0.15) is 42.5 Å². The lowest BCUT2D eigenvalue weighted by atomic mass is 9.86. The molecule has 6 rings (SSSR count). The van der Waals surface area contributed by atoms with Crippen molar-refractivity contribution in [3.63, 3.8) is 0 Å². The first-order valence-corrected chi connectivity index (χ1v) is 12.1. The molecule has 0 radical (unpaired) electrons. The predicted octanol–water partition coefficient (Wildman–Crippen LogP) is 3.04. The number of hydrogen-bond acceptors (Lipinski definition) is 8. The van der Waals surface area contributed by atoms with Gasteiger partial charge in [-0.3, -0.25) is 4.79 Å². The Morgan fingerprint density at radius 2 is 1.91 bits per heavy atom. The van der Waals surface area contributed by atoms with Gasteiger partial charge in [0.1, 0.15) is 6.61 Å². The lowest BCUT2D eigenvalue weighted by molar-refractivity contribution is -0.169. The molecule has 0 spiro atoms. The lowest BCUT2D eigenvalue weighted by Gasteiger charge is -2.31. The summed E-state index contributed by atoms with van der Waals surface area (Å²) >= 11 is 0. The van der Waals surface area contributed by atoms with E-state index >= 15 is 0 Å². The van der Waals surface area contributed by atoms with Crippen molar-refractivity contribution in [1.29, 1.82) is 0 Å². The van der Waals surface area contributed by atoms with Crippen LogP contribution in [0.25, 0.3) is 22.3 Å². The molecule has 0 aliphatic carbocycles. The molecule has 2 aromatic heterocycles. The maximum Gasteiger partial charge on any atom is 0.696 e. The van der Waals surface area contributed by atoms with Crippen LogP contribution in [-0.4, -0.2) is 27.2 Å². The summed E-state index contributed by atoms with van der Waals surface area (Å²) in [4.78, 5) is 40.6. The summed E-state index contributed by atoms with van der Waals surface area (Å²) in [5.74, 6) is 0.470. The van der Waals surface area contributed by atoms with E-state index in [1.165, 1.54) is 0 Å². The number of benzene rings is 1. The molecule has 0 amide bonds. The zero-order chi connectivity index (χ0) is 23.8. The fourth-order valence-electron chi connectivity index (χ4n) is 5.23. The van der Waals surface area contributed by atoms with Crippen LogP contribution < -0.4 is 15.0 Å². The summed E-state index contributed by atoms with van der Waals surface area (Å²) in [6.45, 7) is 3.92. The van der Waals surface area contributed by atoms with Crippen molar-refractivity contribution in [3.05, 3.63) is 50.8 Å². The second-order valence-electron chi connectivity index (χ2n) is 8.39. The Kier molecular flexibility index (Phi) is 4.58. The molecule has 1 aromatic carbocycles. The molecule has 5 heterocycles. The highest BCUT2D eigenvalue weighted by Crippen LogP contribution is 2.46. The van der Waals surface area contributed by atoms with E-state index in [0.29, 0.717) is 41.4 Å². The summed E-state index contributed by atoms with van der Waals surface area (Å²) in [7, 11) is -3.13. The minimum atomic E-state index is -3.13. The number of fused-ring (bicyclic) bond motifs is 6. The van der Waals surface area contributed by atoms with Crippen LogP contribution in [0.5, 0.6) is 11.5 Å². The van der Waals surface area contributed by atoms with Gasteiger partial charge in [-0.1, -0.05) is 18.4 Å². The summed E-state index contributed by atoms with van der Waals surface area (Å²) < 4.78 is 34.7. The van der Waals surface area contributed by atoms with Crippen LogP contribution in [-0.2, 0) is 43.8 Å². The van der Waals surface area contributed by atoms with Crippen molar-refractivity contribution in [2.24, 2.45) is 0 Å². The van der Waals surface area contributed by atoms with Gasteiger partial charge in [0.2, 0.25) is 12.4 Å². The number of ether oxygens (including phenoxy) is 3. The largest absolute Gasteiger partial charge is 0.696 e.